The van der Waals surface area contributed by atoms with Crippen molar-refractivity contribution in [3.8, 4) is 0 Å². The van der Waals surface area contributed by atoms with Gasteiger partial charge in [0.15, 0.2) is 0 Å². The maximum Gasteiger partial charge on any atom is 0.0762 e. The van der Waals surface area contributed by atoms with E-state index >= 15 is 0 Å². The van der Waals surface area contributed by atoms with Crippen molar-refractivity contribution in [1.82, 2.24) is 4.90 Å². The average Bonchev–Trinajstić information content (AvgIpc) is 1.93. The molecule has 1 aliphatic heterocycles. The van der Waals surface area contributed by atoms with Crippen LogP contribution in [0.5, 0.6) is 0 Å². The highest BCUT2D eigenvalue weighted by Gasteiger charge is 2.23. The van der Waals surface area contributed by atoms with E-state index in [-0.39, 0.29) is 6.10 Å². The summed E-state index contributed by atoms with van der Waals surface area (Å²) in [5, 5.41) is 11.1. The fourth-order valence-electron chi connectivity index (χ4n) is 1.06. The topological polar surface area (TPSA) is 23.5 Å². The lowest BCUT2D eigenvalue weighted by Gasteiger charge is -2.28. The fraction of sp³-hybridized carbons (Fsp3) is 1.00. The highest BCUT2D eigenvalue weighted by molar-refractivity contribution is 8.16. The van der Waals surface area contributed by atoms with Gasteiger partial charge in [0.2, 0.25) is 0 Å². The minimum atomic E-state index is -0.110. The van der Waals surface area contributed by atoms with Crippen LogP contribution in [0.25, 0.3) is 0 Å². The van der Waals surface area contributed by atoms with Crippen molar-refractivity contribution in [3.63, 3.8) is 0 Å². The highest BCUT2D eigenvalue weighted by atomic mass is 32.2. The van der Waals surface area contributed by atoms with Gasteiger partial charge in [-0.2, -0.15) is 0 Å². The van der Waals surface area contributed by atoms with E-state index in [9.17, 15) is 5.11 Å². The molecule has 1 fully saturated rings. The van der Waals surface area contributed by atoms with E-state index in [1.807, 2.05) is 23.5 Å². The summed E-state index contributed by atoms with van der Waals surface area (Å²) in [6.45, 7) is 0.992. The Kier molecular flexibility index (Phi) is 4.06. The van der Waals surface area contributed by atoms with Crippen molar-refractivity contribution in [3.05, 3.63) is 0 Å². The Morgan fingerprint density at radius 2 is 2.27 bits per heavy atom. The molecule has 1 rings (SSSR count). The van der Waals surface area contributed by atoms with Gasteiger partial charge in [-0.25, -0.2) is 0 Å². The van der Waals surface area contributed by atoms with Crippen molar-refractivity contribution in [2.45, 2.75) is 11.4 Å². The van der Waals surface area contributed by atoms with Crippen LogP contribution in [0.3, 0.4) is 0 Å². The van der Waals surface area contributed by atoms with Gasteiger partial charge in [-0.3, -0.25) is 0 Å². The molecule has 1 saturated heterocycles. The van der Waals surface area contributed by atoms with Crippen LogP contribution in [-0.4, -0.2) is 52.8 Å². The zero-order valence-corrected chi connectivity index (χ0v) is 8.62. The van der Waals surface area contributed by atoms with Crippen molar-refractivity contribution < 1.29 is 5.11 Å². The van der Waals surface area contributed by atoms with Crippen molar-refractivity contribution in [2.24, 2.45) is 0 Å². The standard InChI is InChI=1S/C7H15NOS2/c1-8(2)3-7-6(9)4-10-5-11-7/h6-7,9H,3-5H2,1-2H3/t6-,7-/m0/s1. The lowest BCUT2D eigenvalue weighted by Crippen LogP contribution is -2.37. The second-order valence-electron chi connectivity index (χ2n) is 3.02. The maximum atomic E-state index is 9.55. The van der Waals surface area contributed by atoms with Gasteiger partial charge in [-0.15, -0.1) is 23.5 Å². The third kappa shape index (κ3) is 3.23. The van der Waals surface area contributed by atoms with Crippen LogP contribution in [-0.2, 0) is 0 Å². The number of hydrogen-bond donors (Lipinski definition) is 1. The highest BCUT2D eigenvalue weighted by Crippen LogP contribution is 2.28. The Hall–Kier alpha value is 0.620. The zero-order chi connectivity index (χ0) is 8.27. The van der Waals surface area contributed by atoms with Gasteiger partial charge in [0.25, 0.3) is 0 Å². The molecule has 0 saturated carbocycles. The summed E-state index contributed by atoms with van der Waals surface area (Å²) in [5.74, 6) is 0.908. The molecule has 0 aromatic carbocycles. The Morgan fingerprint density at radius 1 is 1.55 bits per heavy atom. The molecule has 11 heavy (non-hydrogen) atoms. The van der Waals surface area contributed by atoms with E-state index < -0.39 is 0 Å². The first-order valence-corrected chi connectivity index (χ1v) is 5.92. The molecule has 1 heterocycles. The van der Waals surface area contributed by atoms with Crippen LogP contribution in [0.4, 0.5) is 0 Å². The van der Waals surface area contributed by atoms with E-state index in [2.05, 4.69) is 19.0 Å². The third-order valence-corrected chi connectivity index (χ3v) is 4.31. The third-order valence-electron chi connectivity index (χ3n) is 1.63. The van der Waals surface area contributed by atoms with Crippen LogP contribution < -0.4 is 0 Å². The Morgan fingerprint density at radius 3 is 2.82 bits per heavy atom. The molecule has 0 aromatic heterocycles. The molecule has 0 amide bonds. The first-order chi connectivity index (χ1) is 5.20. The summed E-state index contributed by atoms with van der Waals surface area (Å²) < 4.78 is 0. The molecule has 0 aliphatic carbocycles. The van der Waals surface area contributed by atoms with Gasteiger partial charge in [-0.1, -0.05) is 0 Å². The molecule has 0 aromatic rings. The minimum Gasteiger partial charge on any atom is -0.391 e. The summed E-state index contributed by atoms with van der Waals surface area (Å²) in [5.41, 5.74) is 0. The normalized spacial score (nSPS) is 32.7. The maximum absolute atomic E-state index is 9.55. The summed E-state index contributed by atoms with van der Waals surface area (Å²) in [6.07, 6.45) is -0.110. The van der Waals surface area contributed by atoms with Gasteiger partial charge in [0.1, 0.15) is 0 Å². The van der Waals surface area contributed by atoms with Gasteiger partial charge in [0.05, 0.1) is 6.10 Å². The van der Waals surface area contributed by atoms with Gasteiger partial charge in [-0.05, 0) is 14.1 Å². The summed E-state index contributed by atoms with van der Waals surface area (Å²) in [7, 11) is 4.10. The number of aliphatic hydroxyl groups is 1. The van der Waals surface area contributed by atoms with Crippen LogP contribution in [0.15, 0.2) is 0 Å². The van der Waals surface area contributed by atoms with Gasteiger partial charge >= 0.3 is 0 Å². The molecule has 2 nitrogen and oxygen atoms in total. The zero-order valence-electron chi connectivity index (χ0n) is 6.99. The Balaban J connectivity index is 2.29. The van der Waals surface area contributed by atoms with Gasteiger partial charge < -0.3 is 10.0 Å². The lowest BCUT2D eigenvalue weighted by molar-refractivity contribution is 0.180. The first-order valence-electron chi connectivity index (χ1n) is 3.72. The largest absolute Gasteiger partial charge is 0.391 e. The predicted molar refractivity (Wildman–Crippen MR) is 53.3 cm³/mol. The number of hydrogen-bond acceptors (Lipinski definition) is 4. The minimum absolute atomic E-state index is 0.110. The first kappa shape index (κ1) is 9.71. The van der Waals surface area contributed by atoms with E-state index in [0.29, 0.717) is 5.25 Å². The van der Waals surface area contributed by atoms with E-state index in [4.69, 9.17) is 0 Å². The molecule has 66 valence electrons. The van der Waals surface area contributed by atoms with Crippen molar-refractivity contribution in [1.29, 1.82) is 0 Å². The van der Waals surface area contributed by atoms with E-state index in [1.54, 1.807) is 0 Å². The average molecular weight is 193 g/mol. The summed E-state index contributed by atoms with van der Waals surface area (Å²) in [6, 6.07) is 0. The Bertz CT molecular complexity index is 121. The van der Waals surface area contributed by atoms with Crippen LogP contribution in [0, 0.1) is 0 Å². The molecule has 0 unspecified atom stereocenters. The van der Waals surface area contributed by atoms with E-state index in [0.717, 1.165) is 17.4 Å². The molecule has 0 radical (unpaired) electrons. The number of thioether (sulfide) groups is 2. The predicted octanol–water partition coefficient (Wildman–Crippen LogP) is 0.715. The quantitative estimate of drug-likeness (QED) is 0.698. The molecule has 0 bridgehead atoms. The molecule has 2 atom stereocenters. The molecule has 1 N–H and O–H groups in total. The van der Waals surface area contributed by atoms with E-state index in [1.165, 1.54) is 0 Å². The van der Waals surface area contributed by atoms with Gasteiger partial charge in [0, 0.05) is 22.6 Å². The van der Waals surface area contributed by atoms with Crippen molar-refractivity contribution in [2.75, 3.05) is 31.5 Å². The number of aliphatic hydroxyl groups excluding tert-OH is 1. The van der Waals surface area contributed by atoms with Crippen LogP contribution in [0.1, 0.15) is 0 Å². The Labute approximate surface area is 76.7 Å². The number of nitrogens with zero attached hydrogens (tertiary/aromatic N) is 1. The van der Waals surface area contributed by atoms with Crippen LogP contribution in [0.2, 0.25) is 0 Å². The molecule has 4 heteroatoms. The summed E-state index contributed by atoms with van der Waals surface area (Å²) in [4.78, 5) is 2.14. The second kappa shape index (κ2) is 4.60. The van der Waals surface area contributed by atoms with Crippen LogP contribution >= 0.6 is 23.5 Å². The molecular weight excluding hydrogens is 178 g/mol. The SMILES string of the molecule is CN(C)C[C@@H]1SCSC[C@@H]1O. The molecule has 0 spiro atoms. The molecule has 1 aliphatic rings. The second-order valence-corrected chi connectivity index (χ2v) is 5.65. The molecular formula is C7H15NOS2. The fourth-order valence-corrected chi connectivity index (χ4v) is 3.84. The lowest BCUT2D eigenvalue weighted by atomic mass is 10.2. The number of rotatable bonds is 2. The smallest absolute Gasteiger partial charge is 0.0762 e. The van der Waals surface area contributed by atoms with Crippen molar-refractivity contribution >= 4 is 23.5 Å². The summed E-state index contributed by atoms with van der Waals surface area (Å²) >= 11 is 3.70. The monoisotopic (exact) mass is 193 g/mol.